The van der Waals surface area contributed by atoms with Crippen LogP contribution in [0.4, 0.5) is 0 Å². The van der Waals surface area contributed by atoms with E-state index in [0.717, 1.165) is 17.3 Å². The topological polar surface area (TPSA) is 75.7 Å². The van der Waals surface area contributed by atoms with Crippen LogP contribution in [0.2, 0.25) is 5.02 Å². The van der Waals surface area contributed by atoms with Crippen molar-refractivity contribution in [2.45, 2.75) is 5.25 Å². The highest BCUT2D eigenvalue weighted by molar-refractivity contribution is 8.15. The van der Waals surface area contributed by atoms with Gasteiger partial charge in [0, 0.05) is 10.6 Å². The molecule has 0 saturated carbocycles. The van der Waals surface area contributed by atoms with Gasteiger partial charge in [-0.3, -0.25) is 4.79 Å². The molecule has 0 saturated heterocycles. The summed E-state index contributed by atoms with van der Waals surface area (Å²) >= 11 is 6.80. The van der Waals surface area contributed by atoms with Crippen LogP contribution in [-0.4, -0.2) is 21.5 Å². The standard InChI is InChI=1S/C11H9ClN2O2S/c12-7-3-1-6(2-4-7)8-5-9(10(15)16)17-11(13)14-8/h1-5,9H,(H2,13,14)(H,15,16). The second-order valence-corrected chi connectivity index (χ2v) is 4.98. The van der Waals surface area contributed by atoms with Crippen molar-refractivity contribution in [3.05, 3.63) is 40.9 Å². The normalized spacial score (nSPS) is 19.5. The van der Waals surface area contributed by atoms with Crippen LogP contribution in [0.15, 0.2) is 35.3 Å². The van der Waals surface area contributed by atoms with E-state index < -0.39 is 11.2 Å². The van der Waals surface area contributed by atoms with Gasteiger partial charge in [-0.2, -0.15) is 0 Å². The van der Waals surface area contributed by atoms with Gasteiger partial charge in [0.25, 0.3) is 0 Å². The van der Waals surface area contributed by atoms with Crippen LogP contribution >= 0.6 is 23.4 Å². The number of nitrogens with two attached hydrogens (primary N) is 1. The molecule has 1 heterocycles. The summed E-state index contributed by atoms with van der Waals surface area (Å²) in [5.41, 5.74) is 6.96. The Morgan fingerprint density at radius 2 is 2.06 bits per heavy atom. The van der Waals surface area contributed by atoms with Gasteiger partial charge >= 0.3 is 5.97 Å². The van der Waals surface area contributed by atoms with Gasteiger partial charge in [0.05, 0.1) is 5.70 Å². The Bertz CT molecular complexity index is 511. The van der Waals surface area contributed by atoms with Crippen LogP contribution in [0.5, 0.6) is 0 Å². The molecule has 1 aliphatic heterocycles. The van der Waals surface area contributed by atoms with Crippen LogP contribution in [0, 0.1) is 0 Å². The third-order valence-electron chi connectivity index (χ3n) is 2.17. The lowest BCUT2D eigenvalue weighted by molar-refractivity contribution is -0.135. The van der Waals surface area contributed by atoms with Gasteiger partial charge in [0.15, 0.2) is 5.17 Å². The summed E-state index contributed by atoms with van der Waals surface area (Å²) in [6.07, 6.45) is 1.58. The van der Waals surface area contributed by atoms with Gasteiger partial charge in [-0.15, -0.1) is 0 Å². The van der Waals surface area contributed by atoms with Crippen molar-refractivity contribution in [3.63, 3.8) is 0 Å². The molecule has 0 spiro atoms. The molecule has 2 rings (SSSR count). The Labute approximate surface area is 107 Å². The Hall–Kier alpha value is -1.46. The molecule has 1 unspecified atom stereocenters. The quantitative estimate of drug-likeness (QED) is 0.862. The van der Waals surface area contributed by atoms with E-state index in [0.29, 0.717) is 10.7 Å². The van der Waals surface area contributed by atoms with Crippen LogP contribution in [0.3, 0.4) is 0 Å². The van der Waals surface area contributed by atoms with Crippen molar-refractivity contribution in [2.75, 3.05) is 0 Å². The van der Waals surface area contributed by atoms with E-state index in [4.69, 9.17) is 22.4 Å². The zero-order valence-electron chi connectivity index (χ0n) is 8.63. The average Bonchev–Trinajstić information content (AvgIpc) is 2.29. The molecule has 1 atom stereocenters. The molecule has 6 heteroatoms. The third kappa shape index (κ3) is 2.81. The highest BCUT2D eigenvalue weighted by Gasteiger charge is 2.22. The fourth-order valence-corrected chi connectivity index (χ4v) is 2.23. The maximum Gasteiger partial charge on any atom is 0.321 e. The molecule has 1 aromatic rings. The number of aliphatic carboxylic acids is 1. The highest BCUT2D eigenvalue weighted by atomic mass is 35.5. The first kappa shape index (κ1) is 12.0. The number of hydrogen-bond acceptors (Lipinski definition) is 4. The first-order valence-corrected chi connectivity index (χ1v) is 6.03. The van der Waals surface area contributed by atoms with E-state index in [1.54, 1.807) is 30.3 Å². The number of halogens is 1. The molecule has 0 fully saturated rings. The number of amidine groups is 1. The molecule has 4 nitrogen and oxygen atoms in total. The van der Waals surface area contributed by atoms with Crippen LogP contribution in [0.25, 0.3) is 5.70 Å². The van der Waals surface area contributed by atoms with Crippen molar-refractivity contribution in [1.29, 1.82) is 0 Å². The summed E-state index contributed by atoms with van der Waals surface area (Å²) < 4.78 is 0. The zero-order chi connectivity index (χ0) is 12.4. The van der Waals surface area contributed by atoms with E-state index >= 15 is 0 Å². The van der Waals surface area contributed by atoms with Crippen LogP contribution < -0.4 is 5.73 Å². The van der Waals surface area contributed by atoms with Crippen molar-refractivity contribution in [2.24, 2.45) is 10.7 Å². The zero-order valence-corrected chi connectivity index (χ0v) is 10.2. The first-order chi connectivity index (χ1) is 8.06. The number of carbonyl (C=O) groups is 1. The van der Waals surface area contributed by atoms with E-state index in [1.807, 2.05) is 0 Å². The Morgan fingerprint density at radius 1 is 1.41 bits per heavy atom. The molecule has 0 aliphatic carbocycles. The first-order valence-electron chi connectivity index (χ1n) is 4.77. The predicted molar refractivity (Wildman–Crippen MR) is 70.1 cm³/mol. The maximum absolute atomic E-state index is 10.9. The summed E-state index contributed by atoms with van der Waals surface area (Å²) in [5.74, 6) is -0.931. The Kier molecular flexibility index (Phi) is 3.40. The number of aliphatic imine (C=N–C) groups is 1. The maximum atomic E-state index is 10.9. The molecule has 1 aromatic carbocycles. The predicted octanol–water partition coefficient (Wildman–Crippen LogP) is 2.20. The van der Waals surface area contributed by atoms with Gasteiger partial charge in [-0.05, 0) is 18.2 Å². The number of nitrogens with zero attached hydrogens (tertiary/aromatic N) is 1. The lowest BCUT2D eigenvalue weighted by Crippen LogP contribution is -2.23. The second kappa shape index (κ2) is 4.81. The fourth-order valence-electron chi connectivity index (χ4n) is 1.39. The van der Waals surface area contributed by atoms with Gasteiger partial charge in [0.1, 0.15) is 5.25 Å². The summed E-state index contributed by atoms with van der Waals surface area (Å²) in [5, 5.41) is 9.14. The third-order valence-corrected chi connectivity index (χ3v) is 3.35. The van der Waals surface area contributed by atoms with Crippen LogP contribution in [-0.2, 0) is 4.79 Å². The molecule has 0 amide bonds. The number of rotatable bonds is 2. The Balaban J connectivity index is 2.36. The summed E-state index contributed by atoms with van der Waals surface area (Å²) in [7, 11) is 0. The second-order valence-electron chi connectivity index (χ2n) is 3.39. The van der Waals surface area contributed by atoms with E-state index in [1.165, 1.54) is 0 Å². The van der Waals surface area contributed by atoms with Gasteiger partial charge in [-0.25, -0.2) is 4.99 Å². The van der Waals surface area contributed by atoms with E-state index in [9.17, 15) is 4.79 Å². The lowest BCUT2D eigenvalue weighted by atomic mass is 10.1. The number of carboxylic acids is 1. The molecular weight excluding hydrogens is 260 g/mol. The number of thioether (sulfide) groups is 1. The summed E-state index contributed by atoms with van der Waals surface area (Å²) in [6, 6.07) is 7.00. The van der Waals surface area contributed by atoms with Crippen molar-refractivity contribution >= 4 is 40.2 Å². The van der Waals surface area contributed by atoms with Crippen molar-refractivity contribution in [3.8, 4) is 0 Å². The molecule has 0 aromatic heterocycles. The molecule has 3 N–H and O–H groups in total. The SMILES string of the molecule is NC1=NC(c2ccc(Cl)cc2)=CC(C(=O)O)S1. The monoisotopic (exact) mass is 268 g/mol. The van der Waals surface area contributed by atoms with Crippen LogP contribution in [0.1, 0.15) is 5.56 Å². The minimum Gasteiger partial charge on any atom is -0.480 e. The molecule has 0 bridgehead atoms. The van der Waals surface area contributed by atoms with Gasteiger partial charge < -0.3 is 10.8 Å². The fraction of sp³-hybridized carbons (Fsp3) is 0.0909. The molecule has 17 heavy (non-hydrogen) atoms. The van der Waals surface area contributed by atoms with E-state index in [-0.39, 0.29) is 5.17 Å². The lowest BCUT2D eigenvalue weighted by Gasteiger charge is -2.15. The van der Waals surface area contributed by atoms with Gasteiger partial charge in [0.2, 0.25) is 0 Å². The smallest absolute Gasteiger partial charge is 0.321 e. The Morgan fingerprint density at radius 3 is 2.65 bits per heavy atom. The summed E-state index contributed by atoms with van der Waals surface area (Å²) in [6.45, 7) is 0. The molecular formula is C11H9ClN2O2S. The summed E-state index contributed by atoms with van der Waals surface area (Å²) in [4.78, 5) is 15.1. The highest BCUT2D eigenvalue weighted by Crippen LogP contribution is 2.28. The minimum absolute atomic E-state index is 0.254. The molecule has 1 aliphatic rings. The van der Waals surface area contributed by atoms with E-state index in [2.05, 4.69) is 4.99 Å². The number of benzene rings is 1. The number of carboxylic acid groups (broad SMARTS) is 1. The number of hydrogen-bond donors (Lipinski definition) is 2. The molecule has 0 radical (unpaired) electrons. The van der Waals surface area contributed by atoms with Crippen molar-refractivity contribution < 1.29 is 9.90 Å². The van der Waals surface area contributed by atoms with Gasteiger partial charge in [-0.1, -0.05) is 35.5 Å². The van der Waals surface area contributed by atoms with Crippen molar-refractivity contribution in [1.82, 2.24) is 0 Å². The largest absolute Gasteiger partial charge is 0.480 e. The minimum atomic E-state index is -0.931. The molecule has 88 valence electrons. The average molecular weight is 269 g/mol.